The van der Waals surface area contributed by atoms with Crippen LogP contribution in [0, 0.1) is 11.3 Å². The van der Waals surface area contributed by atoms with Crippen LogP contribution in [0.15, 0.2) is 45.3 Å². The van der Waals surface area contributed by atoms with Gasteiger partial charge in [0.15, 0.2) is 0 Å². The summed E-state index contributed by atoms with van der Waals surface area (Å²) in [6.45, 7) is 0. The molecule has 0 aliphatic rings. The molecule has 3 N–H and O–H groups in total. The van der Waals surface area contributed by atoms with Crippen LogP contribution in [0.2, 0.25) is 0 Å². The maximum Gasteiger partial charge on any atom is 0.101 e. The van der Waals surface area contributed by atoms with Crippen LogP contribution < -0.4 is 11.1 Å². The van der Waals surface area contributed by atoms with Crippen molar-refractivity contribution < 1.29 is 0 Å². The first kappa shape index (κ1) is 12.9. The zero-order chi connectivity index (χ0) is 13.1. The Balaban J connectivity index is 2.40. The molecule has 0 fully saturated rings. The Bertz CT molecular complexity index is 633. The minimum absolute atomic E-state index is 0.570. The van der Waals surface area contributed by atoms with Crippen LogP contribution in [0.1, 0.15) is 5.56 Å². The normalized spacial score (nSPS) is 9.83. The number of benzene rings is 2. The number of nitriles is 1. The van der Waals surface area contributed by atoms with Crippen LogP contribution >= 0.6 is 31.9 Å². The second-order valence-electron chi connectivity index (χ2n) is 3.66. The van der Waals surface area contributed by atoms with Crippen molar-refractivity contribution in [2.24, 2.45) is 0 Å². The topological polar surface area (TPSA) is 61.8 Å². The molecule has 0 bridgehead atoms. The summed E-state index contributed by atoms with van der Waals surface area (Å²) in [7, 11) is 0. The van der Waals surface area contributed by atoms with Gasteiger partial charge in [0.1, 0.15) is 6.07 Å². The minimum atomic E-state index is 0.570. The van der Waals surface area contributed by atoms with Crippen LogP contribution in [-0.4, -0.2) is 0 Å². The molecule has 90 valence electrons. The maximum absolute atomic E-state index is 9.06. The van der Waals surface area contributed by atoms with Crippen molar-refractivity contribution in [3.63, 3.8) is 0 Å². The van der Waals surface area contributed by atoms with E-state index in [4.69, 9.17) is 11.0 Å². The number of nitrogens with two attached hydrogens (primary N) is 1. The fourth-order valence-electron chi connectivity index (χ4n) is 1.51. The molecule has 0 aliphatic heterocycles. The van der Waals surface area contributed by atoms with E-state index in [9.17, 15) is 0 Å². The zero-order valence-electron chi connectivity index (χ0n) is 9.24. The molecule has 0 aromatic heterocycles. The molecule has 0 amide bonds. The first-order chi connectivity index (χ1) is 8.60. The van der Waals surface area contributed by atoms with E-state index in [1.54, 1.807) is 6.07 Å². The van der Waals surface area contributed by atoms with Crippen LogP contribution in [0.5, 0.6) is 0 Å². The van der Waals surface area contributed by atoms with Crippen molar-refractivity contribution in [2.75, 3.05) is 11.1 Å². The lowest BCUT2D eigenvalue weighted by Crippen LogP contribution is -1.98. The van der Waals surface area contributed by atoms with Crippen LogP contribution in [-0.2, 0) is 0 Å². The van der Waals surface area contributed by atoms with Gasteiger partial charge in [-0.1, -0.05) is 31.9 Å². The summed E-state index contributed by atoms with van der Waals surface area (Å²) in [5.41, 5.74) is 8.59. The summed E-state index contributed by atoms with van der Waals surface area (Å²) in [4.78, 5) is 0. The van der Waals surface area contributed by atoms with Gasteiger partial charge in [-0.05, 0) is 36.4 Å². The van der Waals surface area contributed by atoms with Gasteiger partial charge in [-0.25, -0.2) is 0 Å². The molecule has 0 heterocycles. The monoisotopic (exact) mass is 365 g/mol. The highest BCUT2D eigenvalue weighted by Gasteiger charge is 2.05. The van der Waals surface area contributed by atoms with Crippen molar-refractivity contribution in [1.82, 2.24) is 0 Å². The Hall–Kier alpha value is -1.51. The molecule has 18 heavy (non-hydrogen) atoms. The Morgan fingerprint density at radius 1 is 1.00 bits per heavy atom. The van der Waals surface area contributed by atoms with Gasteiger partial charge in [-0.15, -0.1) is 0 Å². The SMILES string of the molecule is N#Cc1ccc(Br)cc1Nc1ccc(Br)cc1N. The number of hydrogen-bond acceptors (Lipinski definition) is 3. The number of halogens is 2. The van der Waals surface area contributed by atoms with Gasteiger partial charge >= 0.3 is 0 Å². The van der Waals surface area contributed by atoms with Crippen molar-refractivity contribution in [2.45, 2.75) is 0 Å². The third kappa shape index (κ3) is 2.84. The largest absolute Gasteiger partial charge is 0.397 e. The highest BCUT2D eigenvalue weighted by atomic mass is 79.9. The summed E-state index contributed by atoms with van der Waals surface area (Å²) in [6, 6.07) is 13.1. The molecule has 0 spiro atoms. The van der Waals surface area contributed by atoms with Crippen LogP contribution in [0.4, 0.5) is 17.1 Å². The number of anilines is 3. The first-order valence-electron chi connectivity index (χ1n) is 5.12. The second kappa shape index (κ2) is 5.42. The standard InChI is InChI=1S/C13H9Br2N3/c14-9-3-4-12(11(17)5-9)18-13-6-10(15)2-1-8(13)7-16/h1-6,18H,17H2. The molecule has 2 aromatic carbocycles. The first-order valence-corrected chi connectivity index (χ1v) is 6.70. The van der Waals surface area contributed by atoms with E-state index in [0.717, 1.165) is 20.3 Å². The Morgan fingerprint density at radius 3 is 2.33 bits per heavy atom. The van der Waals surface area contributed by atoms with Crippen molar-refractivity contribution in [3.8, 4) is 6.07 Å². The molecule has 0 radical (unpaired) electrons. The highest BCUT2D eigenvalue weighted by molar-refractivity contribution is 9.10. The molecular formula is C13H9Br2N3. The lowest BCUT2D eigenvalue weighted by molar-refractivity contribution is 1.45. The molecule has 0 saturated carbocycles. The quantitative estimate of drug-likeness (QED) is 0.774. The van der Waals surface area contributed by atoms with Crippen molar-refractivity contribution in [3.05, 3.63) is 50.9 Å². The van der Waals surface area contributed by atoms with E-state index in [2.05, 4.69) is 43.2 Å². The number of nitrogens with one attached hydrogen (secondary N) is 1. The van der Waals surface area contributed by atoms with Crippen LogP contribution in [0.25, 0.3) is 0 Å². The summed E-state index contributed by atoms with van der Waals surface area (Å²) in [5.74, 6) is 0. The molecule has 0 saturated heterocycles. The summed E-state index contributed by atoms with van der Waals surface area (Å²) >= 11 is 6.73. The molecule has 0 unspecified atom stereocenters. The number of hydrogen-bond donors (Lipinski definition) is 2. The summed E-state index contributed by atoms with van der Waals surface area (Å²) < 4.78 is 1.82. The smallest absolute Gasteiger partial charge is 0.101 e. The summed E-state index contributed by atoms with van der Waals surface area (Å²) in [6.07, 6.45) is 0. The predicted molar refractivity (Wildman–Crippen MR) is 80.7 cm³/mol. The molecule has 2 rings (SSSR count). The molecule has 2 aromatic rings. The van der Waals surface area contributed by atoms with Gasteiger partial charge < -0.3 is 11.1 Å². The van der Waals surface area contributed by atoms with Crippen molar-refractivity contribution >= 4 is 48.9 Å². The Kier molecular flexibility index (Phi) is 3.90. The molecule has 0 aliphatic carbocycles. The molecular weight excluding hydrogens is 358 g/mol. The fraction of sp³-hybridized carbons (Fsp3) is 0. The van der Waals surface area contributed by atoms with E-state index in [-0.39, 0.29) is 0 Å². The Labute approximate surface area is 122 Å². The lowest BCUT2D eigenvalue weighted by atomic mass is 10.2. The molecule has 5 heteroatoms. The van der Waals surface area contributed by atoms with Gasteiger partial charge in [-0.3, -0.25) is 0 Å². The van der Waals surface area contributed by atoms with Crippen molar-refractivity contribution in [1.29, 1.82) is 5.26 Å². The molecule has 3 nitrogen and oxygen atoms in total. The maximum atomic E-state index is 9.06. The second-order valence-corrected chi connectivity index (χ2v) is 5.49. The minimum Gasteiger partial charge on any atom is -0.397 e. The third-order valence-electron chi connectivity index (χ3n) is 2.39. The number of nitrogens with zero attached hydrogens (tertiary/aromatic N) is 1. The van der Waals surface area contributed by atoms with E-state index in [0.29, 0.717) is 11.3 Å². The third-order valence-corrected chi connectivity index (χ3v) is 3.37. The van der Waals surface area contributed by atoms with E-state index >= 15 is 0 Å². The van der Waals surface area contributed by atoms with E-state index < -0.39 is 0 Å². The summed E-state index contributed by atoms with van der Waals surface area (Å²) in [5, 5.41) is 12.2. The van der Waals surface area contributed by atoms with E-state index in [1.165, 1.54) is 0 Å². The Morgan fingerprint density at radius 2 is 1.67 bits per heavy atom. The van der Waals surface area contributed by atoms with Gasteiger partial charge in [0.2, 0.25) is 0 Å². The van der Waals surface area contributed by atoms with Gasteiger partial charge in [-0.2, -0.15) is 5.26 Å². The average molecular weight is 367 g/mol. The predicted octanol–water partition coefficient (Wildman–Crippen LogP) is 4.41. The number of rotatable bonds is 2. The highest BCUT2D eigenvalue weighted by Crippen LogP contribution is 2.29. The van der Waals surface area contributed by atoms with E-state index in [1.807, 2.05) is 30.3 Å². The average Bonchev–Trinajstić information content (AvgIpc) is 2.33. The lowest BCUT2D eigenvalue weighted by Gasteiger charge is -2.11. The number of nitrogen functional groups attached to an aromatic ring is 1. The van der Waals surface area contributed by atoms with Gasteiger partial charge in [0.25, 0.3) is 0 Å². The van der Waals surface area contributed by atoms with Gasteiger partial charge in [0.05, 0.1) is 22.6 Å². The zero-order valence-corrected chi connectivity index (χ0v) is 12.4. The van der Waals surface area contributed by atoms with Gasteiger partial charge in [0, 0.05) is 8.95 Å². The fourth-order valence-corrected chi connectivity index (χ4v) is 2.25. The van der Waals surface area contributed by atoms with Crippen LogP contribution in [0.3, 0.4) is 0 Å². The molecule has 0 atom stereocenters.